The molecule has 1 amide bonds. The zero-order valence-corrected chi connectivity index (χ0v) is 17.2. The van der Waals surface area contributed by atoms with E-state index in [1.807, 2.05) is 21.0 Å². The summed E-state index contributed by atoms with van der Waals surface area (Å²) in [6, 6.07) is 5.29. The molecule has 2 aromatic rings. The third-order valence-corrected chi connectivity index (χ3v) is 4.45. The number of aryl methyl sites for hydroxylation is 1. The standard InChI is InChI=1S/C20H28N6O3/c1-4-29-25-15-9-5-8-14-18(15)19(24-23-14)20(27)22-16-10-6-11-17(21-16)28-13-7-12-26(2)3/h6,10-11H,4-5,7-9,12-13H2,1-3H3,(H,23,24)(H,21,22,27)/b25-15+. The Bertz CT molecular complexity index is 862. The van der Waals surface area contributed by atoms with Crippen molar-refractivity contribution in [3.8, 4) is 5.88 Å². The van der Waals surface area contributed by atoms with E-state index >= 15 is 0 Å². The molecular formula is C20H28N6O3. The number of pyridine rings is 1. The van der Waals surface area contributed by atoms with Gasteiger partial charge in [0.05, 0.1) is 17.9 Å². The van der Waals surface area contributed by atoms with Gasteiger partial charge in [-0.15, -0.1) is 0 Å². The van der Waals surface area contributed by atoms with Gasteiger partial charge in [0.25, 0.3) is 5.91 Å². The first-order chi connectivity index (χ1) is 14.1. The summed E-state index contributed by atoms with van der Waals surface area (Å²) in [6.07, 6.45) is 3.42. The van der Waals surface area contributed by atoms with Crippen molar-refractivity contribution in [3.05, 3.63) is 35.2 Å². The van der Waals surface area contributed by atoms with Crippen LogP contribution < -0.4 is 10.1 Å². The van der Waals surface area contributed by atoms with Crippen molar-refractivity contribution >= 4 is 17.4 Å². The van der Waals surface area contributed by atoms with Crippen LogP contribution in [-0.4, -0.2) is 65.6 Å². The molecule has 156 valence electrons. The van der Waals surface area contributed by atoms with Crippen LogP contribution >= 0.6 is 0 Å². The van der Waals surface area contributed by atoms with Crippen molar-refractivity contribution in [1.82, 2.24) is 20.1 Å². The fraction of sp³-hybridized carbons (Fsp3) is 0.500. The quantitative estimate of drug-likeness (QED) is 0.495. The maximum absolute atomic E-state index is 12.8. The lowest BCUT2D eigenvalue weighted by Gasteiger charge is -2.14. The minimum absolute atomic E-state index is 0.303. The Hall–Kier alpha value is -2.94. The smallest absolute Gasteiger partial charge is 0.278 e. The number of carbonyl (C=O) groups excluding carboxylic acids is 1. The largest absolute Gasteiger partial charge is 0.478 e. The molecule has 0 saturated heterocycles. The first-order valence-corrected chi connectivity index (χ1v) is 9.91. The molecule has 0 atom stereocenters. The number of carbonyl (C=O) groups is 1. The van der Waals surface area contributed by atoms with Crippen LogP contribution in [0.5, 0.6) is 5.88 Å². The van der Waals surface area contributed by atoms with Crippen molar-refractivity contribution < 1.29 is 14.4 Å². The molecule has 1 aliphatic rings. The number of nitrogens with zero attached hydrogens (tertiary/aromatic N) is 4. The summed E-state index contributed by atoms with van der Waals surface area (Å²) in [5, 5.41) is 14.1. The maximum atomic E-state index is 12.8. The van der Waals surface area contributed by atoms with Crippen molar-refractivity contribution in [2.24, 2.45) is 5.16 Å². The number of oxime groups is 1. The van der Waals surface area contributed by atoms with E-state index in [0.29, 0.717) is 30.6 Å². The first-order valence-electron chi connectivity index (χ1n) is 9.91. The van der Waals surface area contributed by atoms with Gasteiger partial charge in [-0.25, -0.2) is 0 Å². The molecule has 9 nitrogen and oxygen atoms in total. The van der Waals surface area contributed by atoms with Crippen molar-refractivity contribution in [2.75, 3.05) is 39.2 Å². The molecule has 0 aliphatic heterocycles. The number of H-pyrrole nitrogens is 1. The first kappa shape index (κ1) is 20.8. The van der Waals surface area contributed by atoms with Crippen molar-refractivity contribution in [2.45, 2.75) is 32.6 Å². The highest BCUT2D eigenvalue weighted by atomic mass is 16.6. The Labute approximate surface area is 170 Å². The topological polar surface area (TPSA) is 105 Å². The Kier molecular flexibility index (Phi) is 7.18. The predicted octanol–water partition coefficient (Wildman–Crippen LogP) is 2.46. The number of amides is 1. The zero-order chi connectivity index (χ0) is 20.6. The molecule has 2 aromatic heterocycles. The molecule has 0 spiro atoms. The monoisotopic (exact) mass is 400 g/mol. The Morgan fingerprint density at radius 2 is 2.21 bits per heavy atom. The van der Waals surface area contributed by atoms with Gasteiger partial charge in [-0.05, 0) is 52.8 Å². The summed E-state index contributed by atoms with van der Waals surface area (Å²) in [7, 11) is 4.04. The lowest BCUT2D eigenvalue weighted by molar-refractivity contribution is 0.102. The van der Waals surface area contributed by atoms with Crippen LogP contribution in [0.4, 0.5) is 5.82 Å². The average molecular weight is 400 g/mol. The van der Waals surface area contributed by atoms with E-state index in [2.05, 4.69) is 30.6 Å². The predicted molar refractivity (Wildman–Crippen MR) is 111 cm³/mol. The number of anilines is 1. The second kappa shape index (κ2) is 10.0. The van der Waals surface area contributed by atoms with Gasteiger partial charge in [0, 0.05) is 18.3 Å². The van der Waals surface area contributed by atoms with E-state index < -0.39 is 0 Å². The van der Waals surface area contributed by atoms with Crippen LogP contribution in [0.2, 0.25) is 0 Å². The van der Waals surface area contributed by atoms with Crippen LogP contribution in [-0.2, 0) is 11.3 Å². The number of nitrogens with one attached hydrogen (secondary N) is 2. The van der Waals surface area contributed by atoms with Gasteiger partial charge in [-0.3, -0.25) is 9.89 Å². The van der Waals surface area contributed by atoms with E-state index in [1.165, 1.54) is 0 Å². The fourth-order valence-corrected chi connectivity index (χ4v) is 3.12. The molecule has 0 saturated carbocycles. The van der Waals surface area contributed by atoms with Crippen LogP contribution in [0, 0.1) is 0 Å². The van der Waals surface area contributed by atoms with Gasteiger partial charge in [-0.2, -0.15) is 10.1 Å². The van der Waals surface area contributed by atoms with Gasteiger partial charge in [0.2, 0.25) is 5.88 Å². The van der Waals surface area contributed by atoms with Gasteiger partial charge in [0.15, 0.2) is 5.69 Å². The fourth-order valence-electron chi connectivity index (χ4n) is 3.12. The Balaban J connectivity index is 1.68. The lowest BCUT2D eigenvalue weighted by Crippen LogP contribution is -2.20. The molecule has 0 fully saturated rings. The summed E-state index contributed by atoms with van der Waals surface area (Å²) >= 11 is 0. The van der Waals surface area contributed by atoms with Gasteiger partial charge in [0.1, 0.15) is 12.4 Å². The van der Waals surface area contributed by atoms with E-state index in [9.17, 15) is 4.79 Å². The molecule has 29 heavy (non-hydrogen) atoms. The zero-order valence-electron chi connectivity index (χ0n) is 17.2. The van der Waals surface area contributed by atoms with E-state index in [4.69, 9.17) is 9.57 Å². The van der Waals surface area contributed by atoms with Gasteiger partial charge < -0.3 is 19.8 Å². The molecule has 3 rings (SSSR count). The molecule has 0 radical (unpaired) electrons. The number of rotatable bonds is 9. The van der Waals surface area contributed by atoms with Crippen molar-refractivity contribution in [1.29, 1.82) is 0 Å². The molecule has 0 unspecified atom stereocenters. The van der Waals surface area contributed by atoms with Crippen molar-refractivity contribution in [3.63, 3.8) is 0 Å². The molecule has 9 heteroatoms. The minimum atomic E-state index is -0.342. The third kappa shape index (κ3) is 5.54. The van der Waals surface area contributed by atoms with Gasteiger partial charge in [-0.1, -0.05) is 11.2 Å². The molecule has 1 aliphatic carbocycles. The number of hydrogen-bond donors (Lipinski definition) is 2. The summed E-state index contributed by atoms with van der Waals surface area (Å²) in [6.45, 7) is 3.85. The average Bonchev–Trinajstić information content (AvgIpc) is 3.15. The molecule has 0 bridgehead atoms. The second-order valence-electron chi connectivity index (χ2n) is 7.06. The summed E-state index contributed by atoms with van der Waals surface area (Å²) < 4.78 is 5.67. The summed E-state index contributed by atoms with van der Waals surface area (Å²) in [5.41, 5.74) is 2.69. The van der Waals surface area contributed by atoms with E-state index in [1.54, 1.807) is 18.2 Å². The Morgan fingerprint density at radius 1 is 1.34 bits per heavy atom. The molecule has 0 aromatic carbocycles. The van der Waals surface area contributed by atoms with Crippen LogP contribution in [0.3, 0.4) is 0 Å². The molecule has 2 N–H and O–H groups in total. The Morgan fingerprint density at radius 3 is 3.00 bits per heavy atom. The number of aromatic amines is 1. The number of ether oxygens (including phenoxy) is 1. The second-order valence-corrected chi connectivity index (χ2v) is 7.06. The highest BCUT2D eigenvalue weighted by Gasteiger charge is 2.27. The highest BCUT2D eigenvalue weighted by molar-refractivity contribution is 6.13. The maximum Gasteiger partial charge on any atom is 0.278 e. The minimum Gasteiger partial charge on any atom is -0.478 e. The summed E-state index contributed by atoms with van der Waals surface area (Å²) in [4.78, 5) is 24.5. The van der Waals surface area contributed by atoms with E-state index in [-0.39, 0.29) is 5.91 Å². The van der Waals surface area contributed by atoms with Crippen LogP contribution in [0.25, 0.3) is 0 Å². The van der Waals surface area contributed by atoms with Crippen LogP contribution in [0.1, 0.15) is 47.9 Å². The summed E-state index contributed by atoms with van der Waals surface area (Å²) in [5.74, 6) is 0.547. The molecule has 2 heterocycles. The number of aromatic nitrogens is 3. The number of fused-ring (bicyclic) bond motifs is 1. The highest BCUT2D eigenvalue weighted by Crippen LogP contribution is 2.24. The normalized spacial score (nSPS) is 14.7. The molecular weight excluding hydrogens is 372 g/mol. The lowest BCUT2D eigenvalue weighted by atomic mass is 9.93. The van der Waals surface area contributed by atoms with Gasteiger partial charge >= 0.3 is 0 Å². The third-order valence-electron chi connectivity index (χ3n) is 4.45. The van der Waals surface area contributed by atoms with E-state index in [0.717, 1.165) is 49.2 Å². The SMILES string of the molecule is CCO/N=C1\CCCc2[nH]nc(C(=O)Nc3cccc(OCCCN(C)C)n3)c21. The van der Waals surface area contributed by atoms with Crippen LogP contribution in [0.15, 0.2) is 23.4 Å². The number of hydrogen-bond acceptors (Lipinski definition) is 7.